The van der Waals surface area contributed by atoms with Crippen LogP contribution in [0.25, 0.3) is 0 Å². The number of hydrogen-bond donors (Lipinski definition) is 1. The third kappa shape index (κ3) is 2.79. The van der Waals surface area contributed by atoms with Crippen molar-refractivity contribution in [1.29, 1.82) is 0 Å². The first-order valence-corrected chi connectivity index (χ1v) is 5.31. The summed E-state index contributed by atoms with van der Waals surface area (Å²) in [5.74, 6) is 1.08. The summed E-state index contributed by atoms with van der Waals surface area (Å²) in [5, 5.41) is 13.6. The maximum atomic E-state index is 10.8. The van der Waals surface area contributed by atoms with Crippen LogP contribution in [0.5, 0.6) is 5.75 Å². The number of nitro benzene ring substituents is 1. The summed E-state index contributed by atoms with van der Waals surface area (Å²) in [6.07, 6.45) is 1.55. The molecule has 0 spiro atoms. The quantitative estimate of drug-likeness (QED) is 0.650. The molecule has 0 saturated carbocycles. The molecule has 0 amide bonds. The molecule has 0 aliphatic carbocycles. The normalized spacial score (nSPS) is 10.1. The Balaban J connectivity index is 2.16. The van der Waals surface area contributed by atoms with E-state index >= 15 is 0 Å². The SMILES string of the molecule is CNc1cc(OCc2ccco2)cc([N+](=O)[O-])c1. The lowest BCUT2D eigenvalue weighted by Gasteiger charge is -2.07. The van der Waals surface area contributed by atoms with E-state index in [1.54, 1.807) is 31.5 Å². The molecule has 0 saturated heterocycles. The van der Waals surface area contributed by atoms with Crippen molar-refractivity contribution in [2.45, 2.75) is 6.61 Å². The lowest BCUT2D eigenvalue weighted by molar-refractivity contribution is -0.384. The highest BCUT2D eigenvalue weighted by Gasteiger charge is 2.10. The van der Waals surface area contributed by atoms with Crippen molar-refractivity contribution in [3.63, 3.8) is 0 Å². The number of nitrogens with one attached hydrogen (secondary N) is 1. The number of nitro groups is 1. The molecule has 1 aromatic heterocycles. The fraction of sp³-hybridized carbons (Fsp3) is 0.167. The van der Waals surface area contributed by atoms with E-state index < -0.39 is 4.92 Å². The summed E-state index contributed by atoms with van der Waals surface area (Å²) in [7, 11) is 1.69. The van der Waals surface area contributed by atoms with Gasteiger partial charge in [-0.05, 0) is 12.1 Å². The molecule has 0 unspecified atom stereocenters. The van der Waals surface area contributed by atoms with Crippen LogP contribution >= 0.6 is 0 Å². The van der Waals surface area contributed by atoms with E-state index in [2.05, 4.69) is 5.32 Å². The maximum absolute atomic E-state index is 10.8. The first-order valence-electron chi connectivity index (χ1n) is 5.31. The summed E-state index contributed by atoms with van der Waals surface area (Å²) in [6.45, 7) is 0.233. The van der Waals surface area contributed by atoms with Gasteiger partial charge in [0.05, 0.1) is 17.3 Å². The number of furan rings is 1. The van der Waals surface area contributed by atoms with Gasteiger partial charge in [0.25, 0.3) is 5.69 Å². The predicted molar refractivity (Wildman–Crippen MR) is 65.7 cm³/mol. The molecule has 2 rings (SSSR count). The molecule has 18 heavy (non-hydrogen) atoms. The van der Waals surface area contributed by atoms with Gasteiger partial charge in [-0.2, -0.15) is 0 Å². The van der Waals surface area contributed by atoms with Crippen LogP contribution in [0.1, 0.15) is 5.76 Å². The molecule has 0 atom stereocenters. The van der Waals surface area contributed by atoms with Crippen molar-refractivity contribution in [3.8, 4) is 5.75 Å². The van der Waals surface area contributed by atoms with Crippen LogP contribution in [-0.4, -0.2) is 12.0 Å². The van der Waals surface area contributed by atoms with Crippen molar-refractivity contribution < 1.29 is 14.1 Å². The van der Waals surface area contributed by atoms with Crippen molar-refractivity contribution >= 4 is 11.4 Å². The minimum atomic E-state index is -0.458. The van der Waals surface area contributed by atoms with E-state index in [1.165, 1.54) is 12.1 Å². The van der Waals surface area contributed by atoms with Gasteiger partial charge in [-0.25, -0.2) is 0 Å². The minimum Gasteiger partial charge on any atom is -0.485 e. The molecule has 6 nitrogen and oxygen atoms in total. The number of anilines is 1. The van der Waals surface area contributed by atoms with Crippen LogP contribution in [0.4, 0.5) is 11.4 Å². The Hall–Kier alpha value is -2.50. The smallest absolute Gasteiger partial charge is 0.275 e. The van der Waals surface area contributed by atoms with Gasteiger partial charge in [0, 0.05) is 24.9 Å². The molecule has 0 fully saturated rings. The molecule has 0 aliphatic rings. The number of rotatable bonds is 5. The minimum absolute atomic E-state index is 0.0173. The van der Waals surface area contributed by atoms with Crippen LogP contribution in [0.2, 0.25) is 0 Å². The Kier molecular flexibility index (Phi) is 3.47. The van der Waals surface area contributed by atoms with Crippen LogP contribution in [0.3, 0.4) is 0 Å². The monoisotopic (exact) mass is 248 g/mol. The van der Waals surface area contributed by atoms with E-state index in [0.717, 1.165) is 0 Å². The molecule has 0 aliphatic heterocycles. The summed E-state index contributed by atoms with van der Waals surface area (Å²) < 4.78 is 10.6. The lowest BCUT2D eigenvalue weighted by atomic mass is 10.2. The van der Waals surface area contributed by atoms with Crippen LogP contribution in [0, 0.1) is 10.1 Å². The van der Waals surface area contributed by atoms with E-state index in [0.29, 0.717) is 17.2 Å². The lowest BCUT2D eigenvalue weighted by Crippen LogP contribution is -1.97. The molecule has 0 bridgehead atoms. The average Bonchev–Trinajstić information content (AvgIpc) is 2.89. The summed E-state index contributed by atoms with van der Waals surface area (Å²) in [5.41, 5.74) is 0.606. The average molecular weight is 248 g/mol. The van der Waals surface area contributed by atoms with Gasteiger partial charge < -0.3 is 14.5 Å². The van der Waals surface area contributed by atoms with Crippen molar-refractivity contribution in [1.82, 2.24) is 0 Å². The standard InChI is InChI=1S/C12H12N2O4/c1-13-9-5-10(14(15)16)7-12(6-9)18-8-11-3-2-4-17-11/h2-7,13H,8H2,1H3. The first kappa shape index (κ1) is 12.0. The molecule has 6 heteroatoms. The van der Waals surface area contributed by atoms with Gasteiger partial charge in [0.2, 0.25) is 0 Å². The van der Waals surface area contributed by atoms with Gasteiger partial charge in [-0.15, -0.1) is 0 Å². The summed E-state index contributed by atoms with van der Waals surface area (Å²) in [4.78, 5) is 10.3. The summed E-state index contributed by atoms with van der Waals surface area (Å²) >= 11 is 0. The first-order chi connectivity index (χ1) is 8.69. The highest BCUT2D eigenvalue weighted by molar-refractivity contribution is 5.56. The number of hydrogen-bond acceptors (Lipinski definition) is 5. The van der Waals surface area contributed by atoms with Crippen molar-refractivity contribution in [2.24, 2.45) is 0 Å². The number of non-ortho nitro benzene ring substituents is 1. The zero-order valence-corrected chi connectivity index (χ0v) is 9.75. The topological polar surface area (TPSA) is 77.5 Å². The number of ether oxygens (including phenoxy) is 1. The van der Waals surface area contributed by atoms with Gasteiger partial charge in [0.1, 0.15) is 18.1 Å². The van der Waals surface area contributed by atoms with E-state index in [-0.39, 0.29) is 12.3 Å². The molecule has 0 radical (unpaired) electrons. The molecule has 2 aromatic rings. The van der Waals surface area contributed by atoms with Gasteiger partial charge in [-0.1, -0.05) is 0 Å². The third-order valence-corrected chi connectivity index (χ3v) is 2.35. The maximum Gasteiger partial charge on any atom is 0.275 e. The Bertz CT molecular complexity index is 537. The molecular weight excluding hydrogens is 236 g/mol. The fourth-order valence-corrected chi connectivity index (χ4v) is 1.47. The fourth-order valence-electron chi connectivity index (χ4n) is 1.47. The van der Waals surface area contributed by atoms with E-state index in [9.17, 15) is 10.1 Å². The number of nitrogens with zero attached hydrogens (tertiary/aromatic N) is 1. The largest absolute Gasteiger partial charge is 0.485 e. The number of benzene rings is 1. The molecule has 1 heterocycles. The Labute approximate surface area is 103 Å². The van der Waals surface area contributed by atoms with Crippen LogP contribution in [-0.2, 0) is 6.61 Å². The molecule has 1 N–H and O–H groups in total. The van der Waals surface area contributed by atoms with E-state index in [4.69, 9.17) is 9.15 Å². The molecular formula is C12H12N2O4. The van der Waals surface area contributed by atoms with Crippen molar-refractivity contribution in [3.05, 3.63) is 52.5 Å². The Morgan fingerprint density at radius 1 is 1.44 bits per heavy atom. The molecule has 94 valence electrons. The zero-order chi connectivity index (χ0) is 13.0. The van der Waals surface area contributed by atoms with Gasteiger partial charge >= 0.3 is 0 Å². The van der Waals surface area contributed by atoms with Crippen molar-refractivity contribution in [2.75, 3.05) is 12.4 Å². The third-order valence-electron chi connectivity index (χ3n) is 2.35. The zero-order valence-electron chi connectivity index (χ0n) is 9.75. The van der Waals surface area contributed by atoms with Gasteiger partial charge in [-0.3, -0.25) is 10.1 Å². The second-order valence-corrected chi connectivity index (χ2v) is 3.59. The Morgan fingerprint density at radius 3 is 2.89 bits per heavy atom. The second kappa shape index (κ2) is 5.22. The Morgan fingerprint density at radius 2 is 2.28 bits per heavy atom. The van der Waals surface area contributed by atoms with Crippen LogP contribution in [0.15, 0.2) is 41.0 Å². The molecule has 1 aromatic carbocycles. The van der Waals surface area contributed by atoms with Gasteiger partial charge in [0.15, 0.2) is 0 Å². The highest BCUT2D eigenvalue weighted by Crippen LogP contribution is 2.26. The highest BCUT2D eigenvalue weighted by atomic mass is 16.6. The predicted octanol–water partition coefficient (Wildman–Crippen LogP) is 2.81. The van der Waals surface area contributed by atoms with E-state index in [1.807, 2.05) is 0 Å². The van der Waals surface area contributed by atoms with Crippen LogP contribution < -0.4 is 10.1 Å². The summed E-state index contributed by atoms with van der Waals surface area (Å²) in [6, 6.07) is 8.04. The second-order valence-electron chi connectivity index (χ2n) is 3.59.